The van der Waals surface area contributed by atoms with Gasteiger partial charge in [0.05, 0.1) is 0 Å². The molecule has 88 valence electrons. The lowest BCUT2D eigenvalue weighted by atomic mass is 10.1. The van der Waals surface area contributed by atoms with Gasteiger partial charge in [-0.25, -0.2) is 4.98 Å². The van der Waals surface area contributed by atoms with Crippen LogP contribution in [0.15, 0.2) is 5.38 Å². The minimum absolute atomic E-state index is 0.117. The predicted octanol–water partition coefficient (Wildman–Crippen LogP) is 0.549. The lowest BCUT2D eigenvalue weighted by Gasteiger charge is -2.29. The third-order valence-corrected chi connectivity index (χ3v) is 3.39. The predicted molar refractivity (Wildman–Crippen MR) is 64.5 cm³/mol. The Morgan fingerprint density at radius 1 is 1.75 bits per heavy atom. The zero-order valence-corrected chi connectivity index (χ0v) is 10.1. The van der Waals surface area contributed by atoms with Gasteiger partial charge >= 0.3 is 0 Å². The lowest BCUT2D eigenvalue weighted by Crippen LogP contribution is -2.46. The van der Waals surface area contributed by atoms with Gasteiger partial charge in [0.2, 0.25) is 0 Å². The highest BCUT2D eigenvalue weighted by atomic mass is 32.1. The number of rotatable bonds is 2. The van der Waals surface area contributed by atoms with Crippen LogP contribution in [-0.2, 0) is 0 Å². The number of nitrogen functional groups attached to an aromatic ring is 1. The highest BCUT2D eigenvalue weighted by Crippen LogP contribution is 2.12. The smallest absolute Gasteiger partial charge is 0.271 e. The molecule has 16 heavy (non-hydrogen) atoms. The Morgan fingerprint density at radius 2 is 2.56 bits per heavy atom. The number of carbonyl (C=O) groups is 1. The van der Waals surface area contributed by atoms with E-state index in [4.69, 9.17) is 5.73 Å². The van der Waals surface area contributed by atoms with Gasteiger partial charge in [0.1, 0.15) is 5.69 Å². The Balaban J connectivity index is 1.92. The average molecular weight is 240 g/mol. The number of amides is 1. The van der Waals surface area contributed by atoms with Crippen molar-refractivity contribution in [3.63, 3.8) is 0 Å². The van der Waals surface area contributed by atoms with Crippen molar-refractivity contribution < 1.29 is 4.79 Å². The molecule has 0 saturated carbocycles. The maximum atomic E-state index is 11.8. The summed E-state index contributed by atoms with van der Waals surface area (Å²) in [6.07, 6.45) is 2.16. The number of hydrogen-bond acceptors (Lipinski definition) is 5. The molecule has 1 amide bonds. The first-order chi connectivity index (χ1) is 7.65. The number of nitrogens with two attached hydrogens (primary N) is 1. The molecule has 0 radical (unpaired) electrons. The Bertz CT molecular complexity index is 379. The van der Waals surface area contributed by atoms with E-state index in [1.54, 1.807) is 5.38 Å². The van der Waals surface area contributed by atoms with Gasteiger partial charge in [-0.15, -0.1) is 11.3 Å². The number of carbonyl (C=O) groups excluding carboxylic acids is 1. The van der Waals surface area contributed by atoms with E-state index >= 15 is 0 Å². The van der Waals surface area contributed by atoms with E-state index < -0.39 is 0 Å². The van der Waals surface area contributed by atoms with Crippen LogP contribution in [-0.4, -0.2) is 42.0 Å². The van der Waals surface area contributed by atoms with Crippen LogP contribution in [0.3, 0.4) is 0 Å². The van der Waals surface area contributed by atoms with Crippen molar-refractivity contribution >= 4 is 22.4 Å². The lowest BCUT2D eigenvalue weighted by molar-refractivity contribution is 0.0908. The minimum atomic E-state index is -0.117. The summed E-state index contributed by atoms with van der Waals surface area (Å²) < 4.78 is 0. The molecule has 1 atom stereocenters. The SMILES string of the molecule is CN1CCCC(NC(=O)c2csc(N)n2)C1. The summed E-state index contributed by atoms with van der Waals surface area (Å²) >= 11 is 1.29. The van der Waals surface area contributed by atoms with Gasteiger partial charge in [-0.3, -0.25) is 4.79 Å². The first-order valence-corrected chi connectivity index (χ1v) is 6.23. The van der Waals surface area contributed by atoms with Crippen LogP contribution in [0.4, 0.5) is 5.13 Å². The molecule has 1 saturated heterocycles. The molecular formula is C10H16N4OS. The first kappa shape index (κ1) is 11.3. The molecule has 6 heteroatoms. The molecule has 1 aliphatic heterocycles. The van der Waals surface area contributed by atoms with E-state index in [0.717, 1.165) is 25.9 Å². The summed E-state index contributed by atoms with van der Waals surface area (Å²) in [5.74, 6) is -0.117. The molecule has 0 aromatic carbocycles. The largest absolute Gasteiger partial charge is 0.375 e. The fourth-order valence-corrected chi connectivity index (χ4v) is 2.48. The number of likely N-dealkylation sites (tertiary alicyclic amines) is 1. The highest BCUT2D eigenvalue weighted by molar-refractivity contribution is 7.13. The number of aromatic nitrogens is 1. The quantitative estimate of drug-likeness (QED) is 0.792. The van der Waals surface area contributed by atoms with Crippen molar-refractivity contribution in [2.45, 2.75) is 18.9 Å². The Morgan fingerprint density at radius 3 is 3.19 bits per heavy atom. The van der Waals surface area contributed by atoms with Gasteiger partial charge in [-0.05, 0) is 26.4 Å². The van der Waals surface area contributed by atoms with Crippen LogP contribution in [0.25, 0.3) is 0 Å². The summed E-state index contributed by atoms with van der Waals surface area (Å²) in [6.45, 7) is 2.02. The van der Waals surface area contributed by atoms with E-state index in [9.17, 15) is 4.79 Å². The third-order valence-electron chi connectivity index (χ3n) is 2.71. The number of likely N-dealkylation sites (N-methyl/N-ethyl adjacent to an activating group) is 1. The van der Waals surface area contributed by atoms with Crippen molar-refractivity contribution in [3.05, 3.63) is 11.1 Å². The fourth-order valence-electron chi connectivity index (χ4n) is 1.94. The van der Waals surface area contributed by atoms with Gasteiger partial charge in [0.15, 0.2) is 5.13 Å². The number of piperidine rings is 1. The molecule has 1 aromatic heterocycles. The van der Waals surface area contributed by atoms with Gasteiger partial charge in [0, 0.05) is 18.0 Å². The van der Waals surface area contributed by atoms with Gasteiger partial charge < -0.3 is 16.0 Å². The van der Waals surface area contributed by atoms with Crippen LogP contribution in [0, 0.1) is 0 Å². The minimum Gasteiger partial charge on any atom is -0.375 e. The van der Waals surface area contributed by atoms with Gasteiger partial charge in [0.25, 0.3) is 5.91 Å². The zero-order valence-electron chi connectivity index (χ0n) is 9.27. The molecule has 0 spiro atoms. The van der Waals surface area contributed by atoms with Crippen LogP contribution in [0.1, 0.15) is 23.3 Å². The maximum Gasteiger partial charge on any atom is 0.271 e. The van der Waals surface area contributed by atoms with Gasteiger partial charge in [-0.1, -0.05) is 0 Å². The van der Waals surface area contributed by atoms with E-state index in [-0.39, 0.29) is 11.9 Å². The molecule has 1 aliphatic rings. The Kier molecular flexibility index (Phi) is 3.40. The van der Waals surface area contributed by atoms with Crippen LogP contribution in [0.5, 0.6) is 0 Å². The summed E-state index contributed by atoms with van der Waals surface area (Å²) in [7, 11) is 2.07. The van der Waals surface area contributed by atoms with Crippen LogP contribution in [0.2, 0.25) is 0 Å². The molecule has 2 heterocycles. The Hall–Kier alpha value is -1.14. The van der Waals surface area contributed by atoms with Gasteiger partial charge in [-0.2, -0.15) is 0 Å². The van der Waals surface area contributed by atoms with E-state index in [2.05, 4.69) is 22.2 Å². The summed E-state index contributed by atoms with van der Waals surface area (Å²) in [5, 5.41) is 5.11. The molecule has 2 rings (SSSR count). The fraction of sp³-hybridized carbons (Fsp3) is 0.600. The number of nitrogens with zero attached hydrogens (tertiary/aromatic N) is 2. The zero-order chi connectivity index (χ0) is 11.5. The number of nitrogens with one attached hydrogen (secondary N) is 1. The van der Waals surface area contributed by atoms with Crippen molar-refractivity contribution in [1.29, 1.82) is 0 Å². The highest BCUT2D eigenvalue weighted by Gasteiger charge is 2.20. The second kappa shape index (κ2) is 4.80. The molecule has 1 unspecified atom stereocenters. The van der Waals surface area contributed by atoms with E-state index in [1.165, 1.54) is 11.3 Å². The van der Waals surface area contributed by atoms with Crippen molar-refractivity contribution in [2.24, 2.45) is 0 Å². The number of anilines is 1. The normalized spacial score (nSPS) is 21.9. The van der Waals surface area contributed by atoms with Crippen molar-refractivity contribution in [2.75, 3.05) is 25.9 Å². The molecule has 0 bridgehead atoms. The third kappa shape index (κ3) is 2.70. The topological polar surface area (TPSA) is 71.2 Å². The standard InChI is InChI=1S/C10H16N4OS/c1-14-4-2-3-7(5-14)12-9(15)8-6-16-10(11)13-8/h6-7H,2-5H2,1H3,(H2,11,13)(H,12,15). The van der Waals surface area contributed by atoms with Crippen LogP contribution >= 0.6 is 11.3 Å². The molecule has 1 fully saturated rings. The number of hydrogen-bond donors (Lipinski definition) is 2. The molecule has 3 N–H and O–H groups in total. The summed E-state index contributed by atoms with van der Waals surface area (Å²) in [6, 6.07) is 0.231. The average Bonchev–Trinajstić information content (AvgIpc) is 2.65. The maximum absolute atomic E-state index is 11.8. The van der Waals surface area contributed by atoms with Crippen LogP contribution < -0.4 is 11.1 Å². The number of thiazole rings is 1. The first-order valence-electron chi connectivity index (χ1n) is 5.35. The molecule has 0 aliphatic carbocycles. The Labute approximate surface area is 98.7 Å². The van der Waals surface area contributed by atoms with Crippen molar-refractivity contribution in [3.8, 4) is 0 Å². The van der Waals surface area contributed by atoms with E-state index in [1.807, 2.05) is 0 Å². The molecular weight excluding hydrogens is 224 g/mol. The second-order valence-corrected chi connectivity index (χ2v) is 5.04. The molecule has 5 nitrogen and oxygen atoms in total. The molecule has 1 aromatic rings. The van der Waals surface area contributed by atoms with E-state index in [0.29, 0.717) is 10.8 Å². The summed E-state index contributed by atoms with van der Waals surface area (Å²) in [5.41, 5.74) is 5.92. The summed E-state index contributed by atoms with van der Waals surface area (Å²) in [4.78, 5) is 18.0. The second-order valence-electron chi connectivity index (χ2n) is 4.15. The van der Waals surface area contributed by atoms with Crippen molar-refractivity contribution in [1.82, 2.24) is 15.2 Å². The monoisotopic (exact) mass is 240 g/mol.